The summed E-state index contributed by atoms with van der Waals surface area (Å²) in [5, 5.41) is 9.50. The molecule has 2 rings (SSSR count). The van der Waals surface area contributed by atoms with Crippen LogP contribution in [0, 0.1) is 0 Å². The molecule has 0 aliphatic heterocycles. The molecule has 0 aliphatic carbocycles. The van der Waals surface area contributed by atoms with E-state index in [-0.39, 0.29) is 6.01 Å². The number of nitrogens with one attached hydrogen (secondary N) is 2. The summed E-state index contributed by atoms with van der Waals surface area (Å²) >= 11 is 0. The van der Waals surface area contributed by atoms with Crippen LogP contribution in [0.25, 0.3) is 0 Å². The van der Waals surface area contributed by atoms with Gasteiger partial charge >= 0.3 is 6.01 Å². The molecule has 0 radical (unpaired) electrons. The number of hydrogen-bond donors (Lipinski definition) is 2. The molecule has 2 N–H and O–H groups in total. The SMILES string of the molecule is CCCOc1nc(NC)nc(NCc2ncon2)n1. The van der Waals surface area contributed by atoms with Crippen LogP contribution in [0.2, 0.25) is 0 Å². The molecule has 0 unspecified atom stereocenters. The fraction of sp³-hybridized carbons (Fsp3) is 0.500. The molecule has 102 valence electrons. The summed E-state index contributed by atoms with van der Waals surface area (Å²) < 4.78 is 10.0. The maximum atomic E-state index is 5.38. The molecule has 0 aromatic carbocycles. The van der Waals surface area contributed by atoms with Gasteiger partial charge in [-0.3, -0.25) is 0 Å². The molecule has 0 amide bonds. The average Bonchev–Trinajstić information content (AvgIpc) is 2.96. The molecular weight excluding hydrogens is 250 g/mol. The van der Waals surface area contributed by atoms with E-state index in [4.69, 9.17) is 4.74 Å². The van der Waals surface area contributed by atoms with Crippen LogP contribution < -0.4 is 15.4 Å². The molecule has 2 aromatic heterocycles. The second kappa shape index (κ2) is 6.47. The lowest BCUT2D eigenvalue weighted by atomic mass is 10.5. The summed E-state index contributed by atoms with van der Waals surface area (Å²) in [4.78, 5) is 16.3. The number of nitrogens with zero attached hydrogens (tertiary/aromatic N) is 5. The van der Waals surface area contributed by atoms with Crippen molar-refractivity contribution in [2.75, 3.05) is 24.3 Å². The van der Waals surface area contributed by atoms with E-state index in [0.717, 1.165) is 6.42 Å². The zero-order valence-electron chi connectivity index (χ0n) is 10.8. The highest BCUT2D eigenvalue weighted by Gasteiger charge is 2.07. The van der Waals surface area contributed by atoms with Gasteiger partial charge in [-0.25, -0.2) is 0 Å². The van der Waals surface area contributed by atoms with Gasteiger partial charge in [0.2, 0.25) is 18.3 Å². The van der Waals surface area contributed by atoms with Crippen LogP contribution in [0.15, 0.2) is 10.9 Å². The van der Waals surface area contributed by atoms with Crippen molar-refractivity contribution < 1.29 is 9.26 Å². The minimum atomic E-state index is 0.275. The first-order valence-corrected chi connectivity index (χ1v) is 5.87. The number of rotatable bonds is 7. The summed E-state index contributed by atoms with van der Waals surface area (Å²) in [7, 11) is 1.72. The highest BCUT2D eigenvalue weighted by Crippen LogP contribution is 2.11. The van der Waals surface area contributed by atoms with Gasteiger partial charge in [0, 0.05) is 7.05 Å². The smallest absolute Gasteiger partial charge is 0.323 e. The van der Waals surface area contributed by atoms with Gasteiger partial charge in [-0.1, -0.05) is 12.1 Å². The van der Waals surface area contributed by atoms with Crippen LogP contribution in [0.1, 0.15) is 19.2 Å². The molecule has 0 aliphatic rings. The third-order valence-corrected chi connectivity index (χ3v) is 2.09. The van der Waals surface area contributed by atoms with Crippen molar-refractivity contribution in [2.45, 2.75) is 19.9 Å². The first-order valence-electron chi connectivity index (χ1n) is 5.87. The van der Waals surface area contributed by atoms with Gasteiger partial charge in [-0.2, -0.15) is 19.9 Å². The van der Waals surface area contributed by atoms with E-state index in [2.05, 4.69) is 40.2 Å². The van der Waals surface area contributed by atoms with E-state index < -0.39 is 0 Å². The second-order valence-electron chi connectivity index (χ2n) is 3.56. The molecule has 0 spiro atoms. The molecule has 0 fully saturated rings. The maximum Gasteiger partial charge on any atom is 0.323 e. The quantitative estimate of drug-likeness (QED) is 0.746. The van der Waals surface area contributed by atoms with Gasteiger partial charge in [0.25, 0.3) is 0 Å². The Bertz CT molecular complexity index is 503. The summed E-state index contributed by atoms with van der Waals surface area (Å²) in [5.41, 5.74) is 0. The fourth-order valence-corrected chi connectivity index (χ4v) is 1.23. The lowest BCUT2D eigenvalue weighted by Gasteiger charge is -2.07. The highest BCUT2D eigenvalue weighted by atomic mass is 16.5. The van der Waals surface area contributed by atoms with Crippen molar-refractivity contribution in [2.24, 2.45) is 0 Å². The number of ether oxygens (including phenoxy) is 1. The van der Waals surface area contributed by atoms with E-state index in [1.807, 2.05) is 6.92 Å². The third-order valence-electron chi connectivity index (χ3n) is 2.09. The molecule has 9 nitrogen and oxygen atoms in total. The molecule has 19 heavy (non-hydrogen) atoms. The number of hydrogen-bond acceptors (Lipinski definition) is 9. The third kappa shape index (κ3) is 3.76. The minimum Gasteiger partial charge on any atom is -0.463 e. The first kappa shape index (κ1) is 13.0. The van der Waals surface area contributed by atoms with Crippen LogP contribution >= 0.6 is 0 Å². The van der Waals surface area contributed by atoms with Crippen molar-refractivity contribution in [3.63, 3.8) is 0 Å². The summed E-state index contributed by atoms with van der Waals surface area (Å²) in [5.74, 6) is 1.33. The zero-order valence-corrected chi connectivity index (χ0v) is 10.8. The predicted molar refractivity (Wildman–Crippen MR) is 66.8 cm³/mol. The van der Waals surface area contributed by atoms with E-state index in [9.17, 15) is 0 Å². The number of anilines is 2. The van der Waals surface area contributed by atoms with Gasteiger partial charge < -0.3 is 19.9 Å². The van der Waals surface area contributed by atoms with Gasteiger partial charge in [0.05, 0.1) is 13.2 Å². The van der Waals surface area contributed by atoms with Gasteiger partial charge in [-0.05, 0) is 6.42 Å². The Kier molecular flexibility index (Phi) is 4.43. The van der Waals surface area contributed by atoms with Gasteiger partial charge in [0.15, 0.2) is 5.82 Å². The average molecular weight is 265 g/mol. The zero-order chi connectivity index (χ0) is 13.5. The maximum absolute atomic E-state index is 5.38. The Balaban J connectivity index is 2.05. The van der Waals surface area contributed by atoms with Crippen LogP contribution in [0.5, 0.6) is 6.01 Å². The molecule has 9 heteroatoms. The Labute approximate surface area is 109 Å². The van der Waals surface area contributed by atoms with Crippen molar-refractivity contribution >= 4 is 11.9 Å². The Morgan fingerprint density at radius 2 is 2.11 bits per heavy atom. The van der Waals surface area contributed by atoms with Crippen molar-refractivity contribution in [3.05, 3.63) is 12.2 Å². The predicted octanol–water partition coefficient (Wildman–Crippen LogP) is 0.697. The normalized spacial score (nSPS) is 10.2. The molecule has 0 bridgehead atoms. The largest absolute Gasteiger partial charge is 0.463 e. The Morgan fingerprint density at radius 3 is 2.79 bits per heavy atom. The van der Waals surface area contributed by atoms with Gasteiger partial charge in [0.1, 0.15) is 0 Å². The molecular formula is C10H15N7O2. The van der Waals surface area contributed by atoms with Crippen LogP contribution in [-0.4, -0.2) is 38.7 Å². The van der Waals surface area contributed by atoms with Gasteiger partial charge in [-0.15, -0.1) is 0 Å². The lowest BCUT2D eigenvalue weighted by molar-refractivity contribution is 0.292. The first-order chi connectivity index (χ1) is 9.31. The Hall–Kier alpha value is -2.45. The standard InChI is InChI=1S/C10H15N7O2/c1-3-4-18-10-15-8(11-2)14-9(16-10)12-5-7-13-6-19-17-7/h6H,3-5H2,1-2H3,(H2,11,12,14,15,16). The van der Waals surface area contributed by atoms with E-state index in [0.29, 0.717) is 30.9 Å². The fourth-order valence-electron chi connectivity index (χ4n) is 1.23. The molecule has 2 heterocycles. The van der Waals surface area contributed by atoms with Crippen molar-refractivity contribution in [3.8, 4) is 6.01 Å². The highest BCUT2D eigenvalue weighted by molar-refractivity contribution is 5.35. The molecule has 0 atom stereocenters. The summed E-state index contributed by atoms with van der Waals surface area (Å²) in [6, 6.07) is 0.275. The summed E-state index contributed by atoms with van der Waals surface area (Å²) in [6.45, 7) is 2.92. The molecule has 2 aromatic rings. The van der Waals surface area contributed by atoms with E-state index in [1.54, 1.807) is 7.05 Å². The van der Waals surface area contributed by atoms with Crippen LogP contribution in [0.3, 0.4) is 0 Å². The second-order valence-corrected chi connectivity index (χ2v) is 3.56. The van der Waals surface area contributed by atoms with E-state index >= 15 is 0 Å². The minimum absolute atomic E-state index is 0.275. The molecule has 0 saturated heterocycles. The Morgan fingerprint density at radius 1 is 1.26 bits per heavy atom. The van der Waals surface area contributed by atoms with Crippen molar-refractivity contribution in [1.82, 2.24) is 25.1 Å². The lowest BCUT2D eigenvalue weighted by Crippen LogP contribution is -2.10. The van der Waals surface area contributed by atoms with Crippen LogP contribution in [-0.2, 0) is 6.54 Å². The van der Waals surface area contributed by atoms with E-state index in [1.165, 1.54) is 6.39 Å². The molecule has 0 saturated carbocycles. The topological polar surface area (TPSA) is 111 Å². The number of aromatic nitrogens is 5. The summed E-state index contributed by atoms with van der Waals surface area (Å²) in [6.07, 6.45) is 2.14. The van der Waals surface area contributed by atoms with Crippen LogP contribution in [0.4, 0.5) is 11.9 Å². The van der Waals surface area contributed by atoms with Crippen molar-refractivity contribution in [1.29, 1.82) is 0 Å². The monoisotopic (exact) mass is 265 g/mol.